The van der Waals surface area contributed by atoms with Crippen molar-refractivity contribution in [3.63, 3.8) is 0 Å². The van der Waals surface area contributed by atoms with E-state index in [0.717, 1.165) is 0 Å². The fourth-order valence-corrected chi connectivity index (χ4v) is 1.89. The Bertz CT molecular complexity index is 649. The van der Waals surface area contributed by atoms with Gasteiger partial charge in [-0.05, 0) is 12.1 Å². The Labute approximate surface area is 116 Å². The molecule has 2 rings (SSSR count). The molecule has 0 saturated carbocycles. The van der Waals surface area contributed by atoms with Crippen molar-refractivity contribution in [3.8, 4) is 0 Å². The third kappa shape index (κ3) is 2.40. The molecule has 0 aliphatic carbocycles. The maximum absolute atomic E-state index is 12.4. The van der Waals surface area contributed by atoms with Gasteiger partial charge in [0.25, 0.3) is 5.91 Å². The maximum atomic E-state index is 12.4. The fourth-order valence-electron chi connectivity index (χ4n) is 1.89. The van der Waals surface area contributed by atoms with E-state index in [1.54, 1.807) is 49.3 Å². The summed E-state index contributed by atoms with van der Waals surface area (Å²) in [6.07, 6.45) is 3.03. The smallest absolute Gasteiger partial charge is 0.339 e. The van der Waals surface area contributed by atoms with Crippen LogP contribution in [0.4, 0.5) is 5.69 Å². The van der Waals surface area contributed by atoms with Gasteiger partial charge in [0.05, 0.1) is 30.9 Å². The van der Waals surface area contributed by atoms with Gasteiger partial charge in [0.1, 0.15) is 5.69 Å². The van der Waals surface area contributed by atoms with Crippen LogP contribution in [0.1, 0.15) is 20.8 Å². The number of imidazole rings is 1. The minimum absolute atomic E-state index is 0.249. The predicted octanol–water partition coefficient (Wildman–Crippen LogP) is 1.48. The second-order valence-electron chi connectivity index (χ2n) is 4.26. The van der Waals surface area contributed by atoms with Gasteiger partial charge in [0.2, 0.25) is 0 Å². The first kappa shape index (κ1) is 13.8. The lowest BCUT2D eigenvalue weighted by Crippen LogP contribution is -2.29. The number of esters is 1. The molecular weight excluding hydrogens is 258 g/mol. The number of carbonyl (C=O) groups excluding carboxylic acids is 2. The van der Waals surface area contributed by atoms with Crippen LogP contribution >= 0.6 is 0 Å². The van der Waals surface area contributed by atoms with E-state index >= 15 is 0 Å². The van der Waals surface area contributed by atoms with Gasteiger partial charge in [0.15, 0.2) is 0 Å². The highest BCUT2D eigenvalue weighted by atomic mass is 16.5. The van der Waals surface area contributed by atoms with E-state index in [4.69, 9.17) is 4.74 Å². The van der Waals surface area contributed by atoms with Crippen LogP contribution in [0.3, 0.4) is 0 Å². The van der Waals surface area contributed by atoms with Gasteiger partial charge >= 0.3 is 5.97 Å². The summed E-state index contributed by atoms with van der Waals surface area (Å²) in [5.41, 5.74) is 1.27. The first-order valence-corrected chi connectivity index (χ1v) is 5.98. The molecule has 0 radical (unpaired) electrons. The average Bonchev–Trinajstić information content (AvgIpc) is 2.91. The van der Waals surface area contributed by atoms with E-state index in [1.807, 2.05) is 0 Å². The summed E-state index contributed by atoms with van der Waals surface area (Å²) in [5.74, 6) is -0.730. The number of ether oxygens (including phenoxy) is 1. The van der Waals surface area contributed by atoms with Crippen LogP contribution in [-0.4, -0.2) is 35.6 Å². The van der Waals surface area contributed by atoms with Gasteiger partial charge in [-0.2, -0.15) is 0 Å². The van der Waals surface area contributed by atoms with E-state index in [9.17, 15) is 9.59 Å². The monoisotopic (exact) mass is 273 g/mol. The molecule has 2 aromatic rings. The quantitative estimate of drug-likeness (QED) is 0.795. The first-order chi connectivity index (χ1) is 9.56. The number of hydrogen-bond donors (Lipinski definition) is 0. The van der Waals surface area contributed by atoms with E-state index in [1.165, 1.54) is 18.2 Å². The molecule has 20 heavy (non-hydrogen) atoms. The normalized spacial score (nSPS) is 10.2. The molecule has 0 atom stereocenters. The van der Waals surface area contributed by atoms with Crippen molar-refractivity contribution < 1.29 is 14.3 Å². The van der Waals surface area contributed by atoms with Crippen molar-refractivity contribution in [2.75, 3.05) is 19.1 Å². The van der Waals surface area contributed by atoms with Crippen molar-refractivity contribution in [2.45, 2.75) is 0 Å². The summed E-state index contributed by atoms with van der Waals surface area (Å²) in [5, 5.41) is 0. The number of rotatable bonds is 3. The van der Waals surface area contributed by atoms with Gasteiger partial charge < -0.3 is 14.2 Å². The zero-order valence-corrected chi connectivity index (χ0v) is 11.5. The number of aromatic nitrogens is 2. The SMILES string of the molecule is COC(=O)c1ccccc1N(C)C(=O)c1cncn1C. The number of carbonyl (C=O) groups is 2. The van der Waals surface area contributed by atoms with Crippen LogP contribution in [0, 0.1) is 0 Å². The fraction of sp³-hybridized carbons (Fsp3) is 0.214. The Morgan fingerprint density at radius 3 is 2.60 bits per heavy atom. The lowest BCUT2D eigenvalue weighted by molar-refractivity contribution is 0.0601. The Kier molecular flexibility index (Phi) is 3.84. The molecule has 1 amide bonds. The molecular formula is C14H15N3O3. The van der Waals surface area contributed by atoms with E-state index in [0.29, 0.717) is 16.9 Å². The van der Waals surface area contributed by atoms with Crippen molar-refractivity contribution >= 4 is 17.6 Å². The molecule has 6 heteroatoms. The molecule has 0 bridgehead atoms. The molecule has 1 aromatic carbocycles. The molecule has 0 aliphatic heterocycles. The van der Waals surface area contributed by atoms with Crippen molar-refractivity contribution in [3.05, 3.63) is 48.0 Å². The molecule has 6 nitrogen and oxygen atoms in total. The largest absolute Gasteiger partial charge is 0.465 e. The van der Waals surface area contributed by atoms with Gasteiger partial charge in [-0.15, -0.1) is 0 Å². The van der Waals surface area contributed by atoms with Crippen molar-refractivity contribution in [1.29, 1.82) is 0 Å². The van der Waals surface area contributed by atoms with Gasteiger partial charge in [-0.1, -0.05) is 12.1 Å². The number of aryl methyl sites for hydroxylation is 1. The Morgan fingerprint density at radius 2 is 2.00 bits per heavy atom. The molecule has 0 N–H and O–H groups in total. The number of amides is 1. The highest BCUT2D eigenvalue weighted by Crippen LogP contribution is 2.21. The predicted molar refractivity (Wildman–Crippen MR) is 73.7 cm³/mol. The van der Waals surface area contributed by atoms with Gasteiger partial charge in [-0.3, -0.25) is 4.79 Å². The molecule has 1 aromatic heterocycles. The second kappa shape index (κ2) is 5.56. The summed E-state index contributed by atoms with van der Waals surface area (Å²) >= 11 is 0. The van der Waals surface area contributed by atoms with Crippen molar-refractivity contribution in [1.82, 2.24) is 9.55 Å². The number of para-hydroxylation sites is 1. The molecule has 1 heterocycles. The Morgan fingerprint density at radius 1 is 1.30 bits per heavy atom. The zero-order chi connectivity index (χ0) is 14.7. The maximum Gasteiger partial charge on any atom is 0.339 e. The van der Waals surface area contributed by atoms with E-state index in [-0.39, 0.29) is 5.91 Å². The molecule has 0 spiro atoms. The van der Waals surface area contributed by atoms with E-state index < -0.39 is 5.97 Å². The van der Waals surface area contributed by atoms with Crippen LogP contribution in [0.5, 0.6) is 0 Å². The van der Waals surface area contributed by atoms with Crippen LogP contribution in [0.2, 0.25) is 0 Å². The lowest BCUT2D eigenvalue weighted by Gasteiger charge is -2.19. The summed E-state index contributed by atoms with van der Waals surface area (Å²) in [6.45, 7) is 0. The summed E-state index contributed by atoms with van der Waals surface area (Å²) in [7, 11) is 4.65. The molecule has 104 valence electrons. The zero-order valence-electron chi connectivity index (χ0n) is 11.5. The Balaban J connectivity index is 2.39. The number of anilines is 1. The van der Waals surface area contributed by atoms with E-state index in [2.05, 4.69) is 4.98 Å². The third-order valence-corrected chi connectivity index (χ3v) is 3.01. The molecule has 0 unspecified atom stereocenters. The summed E-state index contributed by atoms with van der Waals surface area (Å²) < 4.78 is 6.35. The number of hydrogen-bond acceptors (Lipinski definition) is 4. The minimum atomic E-state index is -0.481. The van der Waals surface area contributed by atoms with Crippen LogP contribution in [-0.2, 0) is 11.8 Å². The molecule has 0 saturated heterocycles. The average molecular weight is 273 g/mol. The first-order valence-electron chi connectivity index (χ1n) is 5.98. The van der Waals surface area contributed by atoms with Gasteiger partial charge in [-0.25, -0.2) is 9.78 Å². The van der Waals surface area contributed by atoms with Crippen LogP contribution < -0.4 is 4.90 Å². The topological polar surface area (TPSA) is 64.4 Å². The van der Waals surface area contributed by atoms with Gasteiger partial charge in [0, 0.05) is 14.1 Å². The lowest BCUT2D eigenvalue weighted by atomic mass is 10.1. The second-order valence-corrected chi connectivity index (χ2v) is 4.26. The number of methoxy groups -OCH3 is 1. The Hall–Kier alpha value is -2.63. The summed E-state index contributed by atoms with van der Waals surface area (Å²) in [6, 6.07) is 6.79. The molecule has 0 aliphatic rings. The summed E-state index contributed by atoms with van der Waals surface area (Å²) in [4.78, 5) is 29.5. The standard InChI is InChI=1S/C14H15N3O3/c1-16-9-15-8-12(16)13(18)17(2)11-7-5-4-6-10(11)14(19)20-3/h4-9H,1-3H3. The highest BCUT2D eigenvalue weighted by Gasteiger charge is 2.21. The molecule has 0 fully saturated rings. The highest BCUT2D eigenvalue weighted by molar-refractivity contribution is 6.08. The van der Waals surface area contributed by atoms with Crippen molar-refractivity contribution in [2.24, 2.45) is 7.05 Å². The van der Waals surface area contributed by atoms with Crippen LogP contribution in [0.15, 0.2) is 36.8 Å². The number of benzene rings is 1. The van der Waals surface area contributed by atoms with Crippen LogP contribution in [0.25, 0.3) is 0 Å². The third-order valence-electron chi connectivity index (χ3n) is 3.01. The number of nitrogens with zero attached hydrogens (tertiary/aromatic N) is 3. The minimum Gasteiger partial charge on any atom is -0.465 e.